The Kier molecular flexibility index (Phi) is 3.44. The van der Waals surface area contributed by atoms with E-state index in [1.165, 1.54) is 12.8 Å². The molecule has 22 heavy (non-hydrogen) atoms. The fourth-order valence-electron chi connectivity index (χ4n) is 3.84. The molecule has 1 aromatic carbocycles. The Morgan fingerprint density at radius 2 is 2.05 bits per heavy atom. The predicted octanol–water partition coefficient (Wildman–Crippen LogP) is 1.92. The highest BCUT2D eigenvalue weighted by Crippen LogP contribution is 2.45. The van der Waals surface area contributed by atoms with Crippen LogP contribution in [-0.4, -0.2) is 43.8 Å². The van der Waals surface area contributed by atoms with E-state index < -0.39 is 5.79 Å². The Labute approximate surface area is 130 Å². The number of fused-ring (bicyclic) bond motifs is 2. The van der Waals surface area contributed by atoms with E-state index in [0.717, 1.165) is 24.3 Å². The SMILES string of the molecule is C[C@@H]1CCCN(CN2C(=O)C3(OCCO3)c3ccccc32)C1. The summed E-state index contributed by atoms with van der Waals surface area (Å²) in [6.45, 7) is 5.92. The summed E-state index contributed by atoms with van der Waals surface area (Å²) in [7, 11) is 0. The van der Waals surface area contributed by atoms with Gasteiger partial charge in [0.1, 0.15) is 0 Å². The normalized spacial score (nSPS) is 27.6. The van der Waals surface area contributed by atoms with Crippen molar-refractivity contribution >= 4 is 11.6 Å². The molecule has 1 spiro atoms. The number of likely N-dealkylation sites (tertiary alicyclic amines) is 1. The van der Waals surface area contributed by atoms with E-state index >= 15 is 0 Å². The Bertz CT molecular complexity index is 583. The first-order valence-electron chi connectivity index (χ1n) is 8.12. The maximum absolute atomic E-state index is 13.0. The van der Waals surface area contributed by atoms with Crippen LogP contribution >= 0.6 is 0 Å². The zero-order valence-electron chi connectivity index (χ0n) is 13.0. The van der Waals surface area contributed by atoms with Crippen molar-refractivity contribution in [3.63, 3.8) is 0 Å². The number of nitrogens with zero attached hydrogens (tertiary/aromatic N) is 2. The summed E-state index contributed by atoms with van der Waals surface area (Å²) >= 11 is 0. The number of anilines is 1. The lowest BCUT2D eigenvalue weighted by Gasteiger charge is -2.34. The van der Waals surface area contributed by atoms with Crippen molar-refractivity contribution in [2.24, 2.45) is 5.92 Å². The molecule has 3 aliphatic rings. The maximum atomic E-state index is 13.0. The number of carbonyl (C=O) groups is 1. The summed E-state index contributed by atoms with van der Waals surface area (Å²) in [6.07, 6.45) is 2.47. The Hall–Kier alpha value is -1.43. The van der Waals surface area contributed by atoms with Gasteiger partial charge in [0.05, 0.1) is 25.6 Å². The lowest BCUT2D eigenvalue weighted by atomic mass is 10.0. The van der Waals surface area contributed by atoms with Crippen LogP contribution in [0.4, 0.5) is 5.69 Å². The summed E-state index contributed by atoms with van der Waals surface area (Å²) in [4.78, 5) is 17.2. The van der Waals surface area contributed by atoms with Crippen LogP contribution in [0.15, 0.2) is 24.3 Å². The smallest absolute Gasteiger partial charge is 0.293 e. The van der Waals surface area contributed by atoms with Crippen molar-refractivity contribution in [3.8, 4) is 0 Å². The molecule has 0 radical (unpaired) electrons. The van der Waals surface area contributed by atoms with Crippen LogP contribution in [0.3, 0.4) is 0 Å². The van der Waals surface area contributed by atoms with Crippen LogP contribution in [0.5, 0.6) is 0 Å². The van der Waals surface area contributed by atoms with Crippen molar-refractivity contribution in [2.45, 2.75) is 25.6 Å². The van der Waals surface area contributed by atoms with E-state index in [9.17, 15) is 4.79 Å². The van der Waals surface area contributed by atoms with Crippen LogP contribution < -0.4 is 4.90 Å². The second kappa shape index (κ2) is 5.33. The number of rotatable bonds is 2. The molecule has 5 nitrogen and oxygen atoms in total. The first-order valence-corrected chi connectivity index (χ1v) is 8.12. The van der Waals surface area contributed by atoms with Crippen LogP contribution in [0.1, 0.15) is 25.3 Å². The van der Waals surface area contributed by atoms with Gasteiger partial charge in [-0.1, -0.05) is 25.1 Å². The average molecular weight is 302 g/mol. The highest BCUT2D eigenvalue weighted by Gasteiger charge is 2.56. The summed E-state index contributed by atoms with van der Waals surface area (Å²) in [5.74, 6) is -0.586. The number of piperidine rings is 1. The number of benzene rings is 1. The van der Waals surface area contributed by atoms with Gasteiger partial charge in [-0.05, 0) is 31.4 Å². The van der Waals surface area contributed by atoms with Gasteiger partial charge in [0.25, 0.3) is 11.7 Å². The lowest BCUT2D eigenvalue weighted by molar-refractivity contribution is -0.181. The largest absolute Gasteiger partial charge is 0.336 e. The number of ether oxygens (including phenoxy) is 2. The Morgan fingerprint density at radius 3 is 2.82 bits per heavy atom. The number of amides is 1. The van der Waals surface area contributed by atoms with Crippen molar-refractivity contribution in [2.75, 3.05) is 37.9 Å². The zero-order valence-corrected chi connectivity index (χ0v) is 13.0. The first-order chi connectivity index (χ1) is 10.7. The molecule has 3 heterocycles. The van der Waals surface area contributed by atoms with Gasteiger partial charge in [-0.3, -0.25) is 14.6 Å². The first kappa shape index (κ1) is 14.2. The molecule has 4 rings (SSSR count). The highest BCUT2D eigenvalue weighted by molar-refractivity contribution is 6.06. The second-order valence-corrected chi connectivity index (χ2v) is 6.53. The summed E-state index contributed by atoms with van der Waals surface area (Å²) in [5.41, 5.74) is 1.77. The van der Waals surface area contributed by atoms with Gasteiger partial charge >= 0.3 is 0 Å². The van der Waals surface area contributed by atoms with Crippen LogP contribution in [0.25, 0.3) is 0 Å². The van der Waals surface area contributed by atoms with Gasteiger partial charge in [-0.2, -0.15) is 0 Å². The zero-order chi connectivity index (χ0) is 15.2. The van der Waals surface area contributed by atoms with E-state index in [-0.39, 0.29) is 5.91 Å². The molecule has 0 unspecified atom stereocenters. The summed E-state index contributed by atoms with van der Waals surface area (Å²) in [6, 6.07) is 7.83. The molecule has 0 bridgehead atoms. The van der Waals surface area contributed by atoms with Gasteiger partial charge < -0.3 is 9.47 Å². The van der Waals surface area contributed by atoms with Gasteiger partial charge in [0, 0.05) is 12.1 Å². The lowest BCUT2D eigenvalue weighted by Crippen LogP contribution is -2.48. The molecule has 0 saturated carbocycles. The maximum Gasteiger partial charge on any atom is 0.293 e. The van der Waals surface area contributed by atoms with Gasteiger partial charge in [0.2, 0.25) is 0 Å². The molecule has 118 valence electrons. The molecule has 1 aromatic rings. The van der Waals surface area contributed by atoms with Crippen molar-refractivity contribution in [1.82, 2.24) is 4.90 Å². The molecule has 2 saturated heterocycles. The van der Waals surface area contributed by atoms with E-state index in [4.69, 9.17) is 9.47 Å². The quantitative estimate of drug-likeness (QED) is 0.837. The minimum absolute atomic E-state index is 0.0792. The van der Waals surface area contributed by atoms with E-state index in [1.54, 1.807) is 0 Å². The number of carbonyl (C=O) groups excluding carboxylic acids is 1. The van der Waals surface area contributed by atoms with Gasteiger partial charge in [-0.15, -0.1) is 0 Å². The molecule has 3 aliphatic heterocycles. The minimum Gasteiger partial charge on any atom is -0.336 e. The molecule has 2 fully saturated rings. The molecule has 1 amide bonds. The fraction of sp³-hybridized carbons (Fsp3) is 0.588. The predicted molar refractivity (Wildman–Crippen MR) is 82.3 cm³/mol. The standard InChI is InChI=1S/C17H22N2O3/c1-13-5-4-8-18(11-13)12-19-15-7-3-2-6-14(15)17(16(19)20)21-9-10-22-17/h2-3,6-7,13H,4-5,8-12H2,1H3/t13-/m1/s1. The topological polar surface area (TPSA) is 42.0 Å². The number of hydrogen-bond acceptors (Lipinski definition) is 4. The fourth-order valence-corrected chi connectivity index (χ4v) is 3.84. The summed E-state index contributed by atoms with van der Waals surface area (Å²) in [5, 5.41) is 0. The minimum atomic E-state index is -1.20. The van der Waals surface area contributed by atoms with Crippen LogP contribution in [0.2, 0.25) is 0 Å². The van der Waals surface area contributed by atoms with Gasteiger partial charge in [-0.25, -0.2) is 0 Å². The summed E-state index contributed by atoms with van der Waals surface area (Å²) < 4.78 is 11.5. The average Bonchev–Trinajstić information content (AvgIpc) is 3.10. The van der Waals surface area contributed by atoms with E-state index in [2.05, 4.69) is 11.8 Å². The number of hydrogen-bond donors (Lipinski definition) is 0. The van der Waals surface area contributed by atoms with E-state index in [0.29, 0.717) is 25.8 Å². The van der Waals surface area contributed by atoms with Crippen LogP contribution in [-0.2, 0) is 20.1 Å². The van der Waals surface area contributed by atoms with E-state index in [1.807, 2.05) is 29.2 Å². The van der Waals surface area contributed by atoms with Crippen molar-refractivity contribution in [3.05, 3.63) is 29.8 Å². The molecule has 0 aromatic heterocycles. The monoisotopic (exact) mass is 302 g/mol. The van der Waals surface area contributed by atoms with Crippen molar-refractivity contribution < 1.29 is 14.3 Å². The third-order valence-electron chi connectivity index (χ3n) is 4.85. The molecular weight excluding hydrogens is 280 g/mol. The van der Waals surface area contributed by atoms with Gasteiger partial charge in [0.15, 0.2) is 0 Å². The molecular formula is C17H22N2O3. The Balaban J connectivity index is 1.64. The molecule has 0 aliphatic carbocycles. The molecule has 1 atom stereocenters. The number of para-hydroxylation sites is 1. The third kappa shape index (κ3) is 2.07. The molecule has 0 N–H and O–H groups in total. The highest BCUT2D eigenvalue weighted by atomic mass is 16.7. The third-order valence-corrected chi connectivity index (χ3v) is 4.85. The van der Waals surface area contributed by atoms with Crippen LogP contribution in [0, 0.1) is 5.92 Å². The van der Waals surface area contributed by atoms with Crippen molar-refractivity contribution in [1.29, 1.82) is 0 Å². The molecule has 5 heteroatoms. The Morgan fingerprint density at radius 1 is 1.27 bits per heavy atom. The second-order valence-electron chi connectivity index (χ2n) is 6.53.